The number of ether oxygens (including phenoxy) is 2. The van der Waals surface area contributed by atoms with E-state index in [1.165, 1.54) is 10.6 Å². The molecule has 3 aromatic heterocycles. The molecule has 1 N–H and O–H groups in total. The minimum atomic E-state index is -0.234. The standard InChI is InChI=1S/C20H17ClN4O3/c1-27-12-16-19(13-5-7-14(21)8-6-13)20-23-15(10-18(26)25(20)24-16)11-28-17-4-2-3-9-22-17/h2-10,24H,11-12H2,1H3. The van der Waals surface area contributed by atoms with Crippen molar-refractivity contribution in [3.8, 4) is 17.0 Å². The van der Waals surface area contributed by atoms with Gasteiger partial charge in [-0.25, -0.2) is 14.5 Å². The first-order chi connectivity index (χ1) is 13.7. The Bertz CT molecular complexity index is 1150. The molecule has 0 amide bonds. The smallest absolute Gasteiger partial charge is 0.273 e. The first kappa shape index (κ1) is 18.2. The highest BCUT2D eigenvalue weighted by molar-refractivity contribution is 6.30. The highest BCUT2D eigenvalue weighted by atomic mass is 35.5. The number of methoxy groups -OCH3 is 1. The molecule has 0 radical (unpaired) electrons. The minimum Gasteiger partial charge on any atom is -0.471 e. The van der Waals surface area contributed by atoms with Gasteiger partial charge in [0, 0.05) is 36.0 Å². The van der Waals surface area contributed by atoms with Gasteiger partial charge in [-0.15, -0.1) is 0 Å². The number of aromatic amines is 1. The fraction of sp³-hybridized carbons (Fsp3) is 0.150. The van der Waals surface area contributed by atoms with E-state index in [4.69, 9.17) is 21.1 Å². The van der Waals surface area contributed by atoms with Gasteiger partial charge in [0.2, 0.25) is 5.88 Å². The topological polar surface area (TPSA) is 81.5 Å². The van der Waals surface area contributed by atoms with Crippen LogP contribution in [0, 0.1) is 0 Å². The fourth-order valence-corrected chi connectivity index (χ4v) is 3.08. The molecule has 7 nitrogen and oxygen atoms in total. The van der Waals surface area contributed by atoms with Crippen molar-refractivity contribution in [3.63, 3.8) is 0 Å². The zero-order chi connectivity index (χ0) is 19.5. The Labute approximate surface area is 165 Å². The van der Waals surface area contributed by atoms with Crippen LogP contribution in [-0.4, -0.2) is 26.7 Å². The van der Waals surface area contributed by atoms with Crippen LogP contribution >= 0.6 is 11.6 Å². The summed E-state index contributed by atoms with van der Waals surface area (Å²) < 4.78 is 12.3. The molecule has 4 aromatic rings. The van der Waals surface area contributed by atoms with Crippen LogP contribution in [0.2, 0.25) is 5.02 Å². The van der Waals surface area contributed by atoms with Crippen molar-refractivity contribution in [2.45, 2.75) is 13.2 Å². The molecular weight excluding hydrogens is 380 g/mol. The second-order valence-electron chi connectivity index (χ2n) is 6.11. The Morgan fingerprint density at radius 1 is 1.14 bits per heavy atom. The molecule has 0 spiro atoms. The lowest BCUT2D eigenvalue weighted by Crippen LogP contribution is -2.16. The number of hydrogen-bond acceptors (Lipinski definition) is 5. The summed E-state index contributed by atoms with van der Waals surface area (Å²) in [5.74, 6) is 0.469. The number of benzene rings is 1. The van der Waals surface area contributed by atoms with Gasteiger partial charge in [-0.2, -0.15) is 0 Å². The van der Waals surface area contributed by atoms with Crippen LogP contribution in [0.5, 0.6) is 5.88 Å². The van der Waals surface area contributed by atoms with Gasteiger partial charge in [-0.3, -0.25) is 9.89 Å². The average Bonchev–Trinajstić information content (AvgIpc) is 3.07. The third kappa shape index (κ3) is 3.62. The molecule has 4 rings (SSSR count). The van der Waals surface area contributed by atoms with Gasteiger partial charge in [-0.1, -0.05) is 29.8 Å². The van der Waals surface area contributed by atoms with E-state index in [0.717, 1.165) is 16.8 Å². The van der Waals surface area contributed by atoms with Crippen LogP contribution in [0.3, 0.4) is 0 Å². The zero-order valence-corrected chi connectivity index (χ0v) is 15.8. The number of rotatable bonds is 6. The summed E-state index contributed by atoms with van der Waals surface area (Å²) in [6, 6.07) is 14.2. The highest BCUT2D eigenvalue weighted by Crippen LogP contribution is 2.28. The number of pyridine rings is 1. The van der Waals surface area contributed by atoms with Crippen molar-refractivity contribution in [3.05, 3.63) is 81.5 Å². The van der Waals surface area contributed by atoms with Gasteiger partial charge in [0.05, 0.1) is 18.0 Å². The van der Waals surface area contributed by atoms with Crippen LogP contribution in [0.15, 0.2) is 59.5 Å². The number of H-pyrrole nitrogens is 1. The van der Waals surface area contributed by atoms with Gasteiger partial charge in [-0.05, 0) is 23.8 Å². The van der Waals surface area contributed by atoms with E-state index in [0.29, 0.717) is 28.9 Å². The van der Waals surface area contributed by atoms with Crippen molar-refractivity contribution in [2.75, 3.05) is 7.11 Å². The second kappa shape index (κ2) is 7.84. The molecule has 0 saturated carbocycles. The van der Waals surface area contributed by atoms with Crippen LogP contribution in [0.4, 0.5) is 0 Å². The summed E-state index contributed by atoms with van der Waals surface area (Å²) in [6.07, 6.45) is 1.64. The van der Waals surface area contributed by atoms with Crippen LogP contribution in [0.1, 0.15) is 11.4 Å². The molecule has 3 heterocycles. The largest absolute Gasteiger partial charge is 0.471 e. The molecule has 28 heavy (non-hydrogen) atoms. The molecule has 0 atom stereocenters. The molecular formula is C20H17ClN4O3. The number of halogens is 1. The SMILES string of the molecule is COCc1[nH]n2c(=O)cc(COc3ccccn3)nc2c1-c1ccc(Cl)cc1. The summed E-state index contributed by atoms with van der Waals surface area (Å²) in [5.41, 5.74) is 3.19. The lowest BCUT2D eigenvalue weighted by atomic mass is 10.1. The maximum absolute atomic E-state index is 12.6. The minimum absolute atomic E-state index is 0.133. The summed E-state index contributed by atoms with van der Waals surface area (Å²) in [5, 5.41) is 3.71. The molecule has 142 valence electrons. The molecule has 0 unspecified atom stereocenters. The van der Waals surface area contributed by atoms with Gasteiger partial charge in [0.25, 0.3) is 5.56 Å². The maximum Gasteiger partial charge on any atom is 0.273 e. The van der Waals surface area contributed by atoms with Crippen LogP contribution < -0.4 is 10.3 Å². The highest BCUT2D eigenvalue weighted by Gasteiger charge is 2.17. The number of aromatic nitrogens is 4. The van der Waals surface area contributed by atoms with E-state index in [-0.39, 0.29) is 12.2 Å². The summed E-state index contributed by atoms with van der Waals surface area (Å²) in [6.45, 7) is 0.439. The van der Waals surface area contributed by atoms with E-state index >= 15 is 0 Å². The number of nitrogens with one attached hydrogen (secondary N) is 1. The van der Waals surface area contributed by atoms with Gasteiger partial charge in [0.1, 0.15) is 6.61 Å². The summed E-state index contributed by atoms with van der Waals surface area (Å²) in [4.78, 5) is 21.4. The summed E-state index contributed by atoms with van der Waals surface area (Å²) >= 11 is 6.02. The lowest BCUT2D eigenvalue weighted by molar-refractivity contribution is 0.181. The van der Waals surface area contributed by atoms with E-state index in [1.807, 2.05) is 18.2 Å². The van der Waals surface area contributed by atoms with Crippen molar-refractivity contribution < 1.29 is 9.47 Å². The second-order valence-corrected chi connectivity index (χ2v) is 6.54. The van der Waals surface area contributed by atoms with E-state index < -0.39 is 0 Å². The van der Waals surface area contributed by atoms with Crippen molar-refractivity contribution in [2.24, 2.45) is 0 Å². The van der Waals surface area contributed by atoms with Crippen LogP contribution in [-0.2, 0) is 18.0 Å². The first-order valence-electron chi connectivity index (χ1n) is 8.58. The quantitative estimate of drug-likeness (QED) is 0.539. The van der Waals surface area contributed by atoms with E-state index in [1.54, 1.807) is 37.6 Å². The fourth-order valence-electron chi connectivity index (χ4n) is 2.95. The van der Waals surface area contributed by atoms with Crippen molar-refractivity contribution in [1.82, 2.24) is 19.6 Å². The van der Waals surface area contributed by atoms with Crippen LogP contribution in [0.25, 0.3) is 16.8 Å². The zero-order valence-electron chi connectivity index (χ0n) is 15.1. The summed E-state index contributed by atoms with van der Waals surface area (Å²) in [7, 11) is 1.60. The van der Waals surface area contributed by atoms with Crippen molar-refractivity contribution >= 4 is 17.2 Å². The average molecular weight is 397 g/mol. The molecule has 0 aliphatic carbocycles. The normalized spacial score (nSPS) is 11.1. The van der Waals surface area contributed by atoms with Gasteiger partial charge >= 0.3 is 0 Å². The first-order valence-corrected chi connectivity index (χ1v) is 8.96. The molecule has 8 heteroatoms. The van der Waals surface area contributed by atoms with E-state index in [9.17, 15) is 4.79 Å². The maximum atomic E-state index is 12.6. The third-order valence-corrected chi connectivity index (χ3v) is 4.42. The molecule has 0 aliphatic heterocycles. The molecule has 0 saturated heterocycles. The molecule has 0 fully saturated rings. The van der Waals surface area contributed by atoms with E-state index in [2.05, 4.69) is 15.1 Å². The molecule has 0 bridgehead atoms. The predicted molar refractivity (Wildman–Crippen MR) is 106 cm³/mol. The Morgan fingerprint density at radius 2 is 1.96 bits per heavy atom. The van der Waals surface area contributed by atoms with Crippen molar-refractivity contribution in [1.29, 1.82) is 0 Å². The Hall–Kier alpha value is -3.16. The molecule has 1 aromatic carbocycles. The Balaban J connectivity index is 1.79. The Morgan fingerprint density at radius 3 is 2.68 bits per heavy atom. The predicted octanol–water partition coefficient (Wildman–Crippen LogP) is 3.46. The van der Waals surface area contributed by atoms with Gasteiger partial charge < -0.3 is 9.47 Å². The number of nitrogens with zero attached hydrogens (tertiary/aromatic N) is 3. The molecule has 0 aliphatic rings. The lowest BCUT2D eigenvalue weighted by Gasteiger charge is -2.06. The third-order valence-electron chi connectivity index (χ3n) is 4.17. The monoisotopic (exact) mass is 396 g/mol. The number of hydrogen-bond donors (Lipinski definition) is 1. The van der Waals surface area contributed by atoms with Gasteiger partial charge in [0.15, 0.2) is 5.65 Å². The number of fused-ring (bicyclic) bond motifs is 1. The Kier molecular flexibility index (Phi) is 5.10.